The van der Waals surface area contributed by atoms with Gasteiger partial charge in [0.15, 0.2) is 0 Å². The van der Waals surface area contributed by atoms with Gasteiger partial charge in [0.25, 0.3) is 0 Å². The highest BCUT2D eigenvalue weighted by Gasteiger charge is 2.23. The molecule has 0 bridgehead atoms. The van der Waals surface area contributed by atoms with Crippen LogP contribution in [0.3, 0.4) is 0 Å². The van der Waals surface area contributed by atoms with Crippen LogP contribution in [0.25, 0.3) is 0 Å². The van der Waals surface area contributed by atoms with Crippen LogP contribution in [-0.4, -0.2) is 42.3 Å². The molecule has 0 aromatic carbocycles. The molecule has 0 saturated carbocycles. The summed E-state index contributed by atoms with van der Waals surface area (Å²) in [5.74, 6) is 0.486. The van der Waals surface area contributed by atoms with E-state index in [1.807, 2.05) is 0 Å². The molecule has 3 N–H and O–H groups in total. The van der Waals surface area contributed by atoms with Crippen molar-refractivity contribution in [2.45, 2.75) is 46.1 Å². The number of aliphatic hydroxyl groups is 1. The van der Waals surface area contributed by atoms with Crippen molar-refractivity contribution in [2.24, 2.45) is 17.1 Å². The highest BCUT2D eigenvalue weighted by atomic mass is 16.3. The Hall–Kier alpha value is -0.120. The molecule has 3 nitrogen and oxygen atoms in total. The average molecular weight is 228 g/mol. The highest BCUT2D eigenvalue weighted by molar-refractivity contribution is 4.79. The summed E-state index contributed by atoms with van der Waals surface area (Å²) in [6.07, 6.45) is 3.45. The van der Waals surface area contributed by atoms with Crippen LogP contribution < -0.4 is 5.73 Å². The first-order valence-electron chi connectivity index (χ1n) is 6.52. The molecule has 0 aliphatic carbocycles. The van der Waals surface area contributed by atoms with E-state index in [-0.39, 0.29) is 11.5 Å². The number of hydrogen-bond acceptors (Lipinski definition) is 3. The van der Waals surface area contributed by atoms with Gasteiger partial charge in [0, 0.05) is 19.2 Å². The lowest BCUT2D eigenvalue weighted by Crippen LogP contribution is -2.42. The maximum atomic E-state index is 9.16. The van der Waals surface area contributed by atoms with E-state index in [0.29, 0.717) is 12.5 Å². The fourth-order valence-electron chi connectivity index (χ4n) is 2.26. The average Bonchev–Trinajstić information content (AvgIpc) is 2.25. The first kappa shape index (κ1) is 13.9. The van der Waals surface area contributed by atoms with E-state index in [2.05, 4.69) is 25.7 Å². The Morgan fingerprint density at radius 3 is 2.69 bits per heavy atom. The molecule has 1 aliphatic rings. The van der Waals surface area contributed by atoms with Gasteiger partial charge in [-0.2, -0.15) is 0 Å². The Labute approximate surface area is 100 Å². The molecule has 3 heteroatoms. The molecular weight excluding hydrogens is 200 g/mol. The molecule has 1 aliphatic heterocycles. The van der Waals surface area contributed by atoms with E-state index >= 15 is 0 Å². The molecule has 0 aromatic heterocycles. The standard InChI is InChI=1S/C13H28N2O/c1-13(2,3)12(14)6-8-15-7-4-5-11(9-15)10-16/h11-12,16H,4-10,14H2,1-3H3. The lowest BCUT2D eigenvalue weighted by molar-refractivity contribution is 0.114. The molecule has 1 rings (SSSR count). The van der Waals surface area contributed by atoms with Gasteiger partial charge in [-0.15, -0.1) is 0 Å². The summed E-state index contributed by atoms with van der Waals surface area (Å²) >= 11 is 0. The van der Waals surface area contributed by atoms with Crippen LogP contribution in [0.1, 0.15) is 40.0 Å². The molecule has 96 valence electrons. The lowest BCUT2D eigenvalue weighted by atomic mass is 9.85. The van der Waals surface area contributed by atoms with Gasteiger partial charge >= 0.3 is 0 Å². The fraction of sp³-hybridized carbons (Fsp3) is 1.00. The molecule has 0 radical (unpaired) electrons. The number of nitrogens with zero attached hydrogens (tertiary/aromatic N) is 1. The molecule has 0 amide bonds. The van der Waals surface area contributed by atoms with E-state index in [1.54, 1.807) is 0 Å². The van der Waals surface area contributed by atoms with E-state index in [4.69, 9.17) is 10.8 Å². The maximum Gasteiger partial charge on any atom is 0.0471 e. The largest absolute Gasteiger partial charge is 0.396 e. The van der Waals surface area contributed by atoms with Crippen molar-refractivity contribution in [3.8, 4) is 0 Å². The minimum Gasteiger partial charge on any atom is -0.396 e. The van der Waals surface area contributed by atoms with Gasteiger partial charge in [-0.1, -0.05) is 20.8 Å². The number of aliphatic hydroxyl groups excluding tert-OH is 1. The molecular formula is C13H28N2O. The Bertz CT molecular complexity index is 201. The molecule has 16 heavy (non-hydrogen) atoms. The second-order valence-corrected chi connectivity index (χ2v) is 6.25. The Morgan fingerprint density at radius 1 is 1.44 bits per heavy atom. The molecule has 0 aromatic rings. The third kappa shape index (κ3) is 4.40. The summed E-state index contributed by atoms with van der Waals surface area (Å²) in [5.41, 5.74) is 6.36. The second-order valence-electron chi connectivity index (χ2n) is 6.25. The summed E-state index contributed by atoms with van der Waals surface area (Å²) < 4.78 is 0. The van der Waals surface area contributed by atoms with Crippen molar-refractivity contribution < 1.29 is 5.11 Å². The second kappa shape index (κ2) is 5.99. The summed E-state index contributed by atoms with van der Waals surface area (Å²) in [4.78, 5) is 2.45. The third-order valence-electron chi connectivity index (χ3n) is 3.73. The lowest BCUT2D eigenvalue weighted by Gasteiger charge is -2.34. The molecule has 1 fully saturated rings. The van der Waals surface area contributed by atoms with Crippen molar-refractivity contribution in [3.05, 3.63) is 0 Å². The highest BCUT2D eigenvalue weighted by Crippen LogP contribution is 2.21. The van der Waals surface area contributed by atoms with Gasteiger partial charge in [-0.05, 0) is 43.7 Å². The van der Waals surface area contributed by atoms with Gasteiger partial charge in [0.05, 0.1) is 0 Å². The zero-order valence-corrected chi connectivity index (χ0v) is 11.1. The van der Waals surface area contributed by atoms with E-state index < -0.39 is 0 Å². The van der Waals surface area contributed by atoms with Crippen molar-refractivity contribution in [3.63, 3.8) is 0 Å². The Kier molecular flexibility index (Phi) is 5.22. The van der Waals surface area contributed by atoms with Gasteiger partial charge in [0.2, 0.25) is 0 Å². The third-order valence-corrected chi connectivity index (χ3v) is 3.73. The summed E-state index contributed by atoms with van der Waals surface area (Å²) in [5, 5.41) is 9.16. The van der Waals surface area contributed by atoms with Crippen molar-refractivity contribution in [1.29, 1.82) is 0 Å². The summed E-state index contributed by atoms with van der Waals surface area (Å²) in [6, 6.07) is 0.266. The number of likely N-dealkylation sites (tertiary alicyclic amines) is 1. The quantitative estimate of drug-likeness (QED) is 0.766. The number of rotatable bonds is 4. The van der Waals surface area contributed by atoms with E-state index in [1.165, 1.54) is 19.4 Å². The topological polar surface area (TPSA) is 49.5 Å². The van der Waals surface area contributed by atoms with Crippen LogP contribution >= 0.6 is 0 Å². The molecule has 2 atom stereocenters. The summed E-state index contributed by atoms with van der Waals surface area (Å²) in [6.45, 7) is 10.2. The predicted molar refractivity (Wildman–Crippen MR) is 68.3 cm³/mol. The van der Waals surface area contributed by atoms with Crippen LogP contribution in [0.15, 0.2) is 0 Å². The Morgan fingerprint density at radius 2 is 2.12 bits per heavy atom. The van der Waals surface area contributed by atoms with Crippen molar-refractivity contribution >= 4 is 0 Å². The SMILES string of the molecule is CC(C)(C)C(N)CCN1CCCC(CO)C1. The van der Waals surface area contributed by atoms with Crippen molar-refractivity contribution in [2.75, 3.05) is 26.2 Å². The monoisotopic (exact) mass is 228 g/mol. The smallest absolute Gasteiger partial charge is 0.0471 e. The van der Waals surface area contributed by atoms with Crippen LogP contribution in [0, 0.1) is 11.3 Å². The summed E-state index contributed by atoms with van der Waals surface area (Å²) in [7, 11) is 0. The molecule has 1 heterocycles. The first-order chi connectivity index (χ1) is 7.43. The van der Waals surface area contributed by atoms with Crippen LogP contribution in [0.4, 0.5) is 0 Å². The molecule has 2 unspecified atom stereocenters. The van der Waals surface area contributed by atoms with Crippen LogP contribution in [0.5, 0.6) is 0 Å². The minimum atomic E-state index is 0.201. The number of nitrogens with two attached hydrogens (primary N) is 1. The Balaban J connectivity index is 2.27. The zero-order valence-electron chi connectivity index (χ0n) is 11.1. The first-order valence-corrected chi connectivity index (χ1v) is 6.52. The molecule has 1 saturated heterocycles. The van der Waals surface area contributed by atoms with Gasteiger partial charge in [-0.25, -0.2) is 0 Å². The van der Waals surface area contributed by atoms with Gasteiger partial charge in [0.1, 0.15) is 0 Å². The fourth-order valence-corrected chi connectivity index (χ4v) is 2.26. The predicted octanol–water partition coefficient (Wildman–Crippen LogP) is 1.45. The maximum absolute atomic E-state index is 9.16. The van der Waals surface area contributed by atoms with E-state index in [0.717, 1.165) is 19.5 Å². The van der Waals surface area contributed by atoms with Gasteiger partial charge < -0.3 is 15.7 Å². The van der Waals surface area contributed by atoms with Crippen molar-refractivity contribution in [1.82, 2.24) is 4.90 Å². The zero-order chi connectivity index (χ0) is 12.2. The van der Waals surface area contributed by atoms with Gasteiger partial charge in [-0.3, -0.25) is 0 Å². The van der Waals surface area contributed by atoms with Crippen LogP contribution in [0.2, 0.25) is 0 Å². The molecule has 0 spiro atoms. The minimum absolute atomic E-state index is 0.201. The normalized spacial score (nSPS) is 25.7. The number of piperidine rings is 1. The van der Waals surface area contributed by atoms with E-state index in [9.17, 15) is 0 Å². The number of hydrogen-bond donors (Lipinski definition) is 2. The van der Waals surface area contributed by atoms with Crippen LogP contribution in [-0.2, 0) is 0 Å².